The molecule has 2 fully saturated rings. The van der Waals surface area contributed by atoms with Crippen molar-refractivity contribution in [3.63, 3.8) is 0 Å². The standard InChI is InChI=1S/C20H24F6N2/c1-13(18(11-14-2-3-14)4-6-27-7-5-18)28-12-15-8-16(19(21,22)23)10-17(9-15)20(24,25)26/h8-10,14,27-28H,1-7,11-12H2. The molecule has 2 N–H and O–H groups in total. The molecule has 2 aliphatic rings. The molecule has 0 unspecified atom stereocenters. The van der Waals surface area contributed by atoms with E-state index in [1.165, 1.54) is 12.8 Å². The largest absolute Gasteiger partial charge is 0.416 e. The number of piperidine rings is 1. The fraction of sp³-hybridized carbons (Fsp3) is 0.600. The molecule has 28 heavy (non-hydrogen) atoms. The number of hydrogen-bond acceptors (Lipinski definition) is 2. The molecule has 156 valence electrons. The van der Waals surface area contributed by atoms with E-state index in [1.807, 2.05) is 0 Å². The molecule has 1 saturated heterocycles. The van der Waals surface area contributed by atoms with Crippen molar-refractivity contribution in [1.29, 1.82) is 0 Å². The van der Waals surface area contributed by atoms with Gasteiger partial charge in [-0.15, -0.1) is 0 Å². The lowest BCUT2D eigenvalue weighted by Gasteiger charge is -2.40. The average molecular weight is 406 g/mol. The lowest BCUT2D eigenvalue weighted by atomic mass is 9.72. The van der Waals surface area contributed by atoms with Crippen LogP contribution in [-0.2, 0) is 18.9 Å². The smallest absolute Gasteiger partial charge is 0.384 e. The number of halogens is 6. The van der Waals surface area contributed by atoms with E-state index in [9.17, 15) is 26.3 Å². The quantitative estimate of drug-likeness (QED) is 0.610. The van der Waals surface area contributed by atoms with Gasteiger partial charge in [0.2, 0.25) is 0 Å². The molecule has 8 heteroatoms. The average Bonchev–Trinajstić information content (AvgIpc) is 3.42. The first-order chi connectivity index (χ1) is 13.0. The Hall–Kier alpha value is -1.70. The fourth-order valence-electron chi connectivity index (χ4n) is 3.93. The van der Waals surface area contributed by atoms with E-state index >= 15 is 0 Å². The van der Waals surface area contributed by atoms with Gasteiger partial charge in [-0.3, -0.25) is 0 Å². The zero-order valence-electron chi connectivity index (χ0n) is 15.4. The number of benzene rings is 1. The molecule has 1 aromatic rings. The topological polar surface area (TPSA) is 24.1 Å². The number of nitrogens with one attached hydrogen (secondary N) is 2. The van der Waals surface area contributed by atoms with Crippen LogP contribution in [0.25, 0.3) is 0 Å². The SMILES string of the molecule is C=C(NCc1cc(C(F)(F)F)cc(C(F)(F)F)c1)C1(CC2CC2)CCNCC1. The molecule has 2 nitrogen and oxygen atoms in total. The Kier molecular flexibility index (Phi) is 5.71. The van der Waals surface area contributed by atoms with Crippen LogP contribution in [0, 0.1) is 11.3 Å². The van der Waals surface area contributed by atoms with Crippen molar-refractivity contribution in [1.82, 2.24) is 10.6 Å². The van der Waals surface area contributed by atoms with Gasteiger partial charge in [0.25, 0.3) is 0 Å². The summed E-state index contributed by atoms with van der Waals surface area (Å²) in [6.45, 7) is 5.64. The lowest BCUT2D eigenvalue weighted by Crippen LogP contribution is -2.41. The zero-order valence-corrected chi connectivity index (χ0v) is 15.4. The molecule has 0 radical (unpaired) electrons. The third-order valence-corrected chi connectivity index (χ3v) is 5.73. The molecule has 3 rings (SSSR count). The van der Waals surface area contributed by atoms with Gasteiger partial charge in [-0.2, -0.15) is 26.3 Å². The van der Waals surface area contributed by atoms with Crippen LogP contribution in [0.5, 0.6) is 0 Å². The minimum atomic E-state index is -4.84. The number of allylic oxidation sites excluding steroid dienone is 1. The summed E-state index contributed by atoms with van der Waals surface area (Å²) in [6, 6.07) is 1.69. The minimum absolute atomic E-state index is 0.0567. The maximum atomic E-state index is 13.0. The van der Waals surface area contributed by atoms with Gasteiger partial charge in [-0.05, 0) is 62.0 Å². The fourth-order valence-corrected chi connectivity index (χ4v) is 3.93. The maximum Gasteiger partial charge on any atom is 0.416 e. The predicted octanol–water partition coefficient (Wildman–Crippen LogP) is 5.50. The second-order valence-electron chi connectivity index (χ2n) is 7.92. The summed E-state index contributed by atoms with van der Waals surface area (Å²) in [6.07, 6.45) is -4.63. The van der Waals surface area contributed by atoms with Crippen molar-refractivity contribution >= 4 is 0 Å². The summed E-state index contributed by atoms with van der Waals surface area (Å²) in [7, 11) is 0. The van der Waals surface area contributed by atoms with Gasteiger partial charge in [-0.1, -0.05) is 19.4 Å². The third kappa shape index (κ3) is 5.01. The Labute approximate surface area is 160 Å². The van der Waals surface area contributed by atoms with Crippen molar-refractivity contribution < 1.29 is 26.3 Å². The van der Waals surface area contributed by atoms with E-state index in [0.717, 1.165) is 44.5 Å². The van der Waals surface area contributed by atoms with Crippen LogP contribution in [0.1, 0.15) is 48.8 Å². The van der Waals surface area contributed by atoms with Gasteiger partial charge in [0.15, 0.2) is 0 Å². The number of rotatable bonds is 6. The molecule has 0 amide bonds. The van der Waals surface area contributed by atoms with Gasteiger partial charge in [-0.25, -0.2) is 0 Å². The molecule has 1 saturated carbocycles. The highest BCUT2D eigenvalue weighted by Crippen LogP contribution is 2.47. The van der Waals surface area contributed by atoms with Crippen molar-refractivity contribution in [2.75, 3.05) is 13.1 Å². The highest BCUT2D eigenvalue weighted by molar-refractivity contribution is 5.34. The van der Waals surface area contributed by atoms with E-state index in [-0.39, 0.29) is 23.6 Å². The first kappa shape index (κ1) is 21.0. The summed E-state index contributed by atoms with van der Waals surface area (Å²) < 4.78 is 78.1. The van der Waals surface area contributed by atoms with Crippen molar-refractivity contribution in [3.05, 3.63) is 47.2 Å². The molecule has 0 aromatic heterocycles. The Balaban J connectivity index is 1.77. The zero-order chi connectivity index (χ0) is 20.6. The normalized spacial score (nSPS) is 20.1. The van der Waals surface area contributed by atoms with E-state index in [0.29, 0.717) is 11.6 Å². The van der Waals surface area contributed by atoms with Crippen LogP contribution in [-0.4, -0.2) is 13.1 Å². The molecule has 1 heterocycles. The Morgan fingerprint density at radius 1 is 1.00 bits per heavy atom. The summed E-state index contributed by atoms with van der Waals surface area (Å²) >= 11 is 0. The van der Waals surface area contributed by atoms with Crippen LogP contribution < -0.4 is 10.6 Å². The molecular formula is C20H24F6N2. The maximum absolute atomic E-state index is 13.0. The van der Waals surface area contributed by atoms with Gasteiger partial charge in [0.1, 0.15) is 0 Å². The van der Waals surface area contributed by atoms with Crippen LogP contribution in [0.2, 0.25) is 0 Å². The molecule has 0 bridgehead atoms. The monoisotopic (exact) mass is 406 g/mol. The Morgan fingerprint density at radius 2 is 1.54 bits per heavy atom. The first-order valence-corrected chi connectivity index (χ1v) is 9.42. The van der Waals surface area contributed by atoms with Gasteiger partial charge in [0, 0.05) is 17.7 Å². The minimum Gasteiger partial charge on any atom is -0.384 e. The van der Waals surface area contributed by atoms with Crippen molar-refractivity contribution in [2.45, 2.75) is 51.0 Å². The summed E-state index contributed by atoms with van der Waals surface area (Å²) in [4.78, 5) is 0. The molecular weight excluding hydrogens is 382 g/mol. The van der Waals surface area contributed by atoms with Gasteiger partial charge < -0.3 is 10.6 Å². The van der Waals surface area contributed by atoms with Crippen molar-refractivity contribution in [3.8, 4) is 0 Å². The van der Waals surface area contributed by atoms with Crippen molar-refractivity contribution in [2.24, 2.45) is 11.3 Å². The van der Waals surface area contributed by atoms with Crippen LogP contribution in [0.4, 0.5) is 26.3 Å². The summed E-state index contributed by atoms with van der Waals surface area (Å²) in [5, 5.41) is 6.33. The third-order valence-electron chi connectivity index (χ3n) is 5.73. The van der Waals surface area contributed by atoms with E-state index in [2.05, 4.69) is 17.2 Å². The Morgan fingerprint density at radius 3 is 2.00 bits per heavy atom. The van der Waals surface area contributed by atoms with Crippen LogP contribution in [0.15, 0.2) is 30.5 Å². The molecule has 0 atom stereocenters. The predicted molar refractivity (Wildman–Crippen MR) is 94.3 cm³/mol. The Bertz CT molecular complexity index is 680. The van der Waals surface area contributed by atoms with Crippen LogP contribution >= 0.6 is 0 Å². The molecule has 1 aliphatic heterocycles. The van der Waals surface area contributed by atoms with Crippen LogP contribution in [0.3, 0.4) is 0 Å². The summed E-state index contributed by atoms with van der Waals surface area (Å²) in [5.41, 5.74) is -2.08. The van der Waals surface area contributed by atoms with Gasteiger partial charge >= 0.3 is 12.4 Å². The second kappa shape index (κ2) is 7.61. The number of hydrogen-bond donors (Lipinski definition) is 2. The lowest BCUT2D eigenvalue weighted by molar-refractivity contribution is -0.143. The van der Waals surface area contributed by atoms with E-state index in [1.54, 1.807) is 0 Å². The number of alkyl halides is 6. The highest BCUT2D eigenvalue weighted by Gasteiger charge is 2.40. The second-order valence-corrected chi connectivity index (χ2v) is 7.92. The molecule has 0 spiro atoms. The molecule has 1 aliphatic carbocycles. The van der Waals surface area contributed by atoms with E-state index in [4.69, 9.17) is 0 Å². The summed E-state index contributed by atoms with van der Waals surface area (Å²) in [5.74, 6) is 0.641. The first-order valence-electron chi connectivity index (χ1n) is 9.42. The highest BCUT2D eigenvalue weighted by atomic mass is 19.4. The molecule has 1 aromatic carbocycles. The van der Waals surface area contributed by atoms with E-state index < -0.39 is 23.5 Å². The van der Waals surface area contributed by atoms with Gasteiger partial charge in [0.05, 0.1) is 11.1 Å².